The number of fused-ring (bicyclic) bond motifs is 1. The van der Waals surface area contributed by atoms with Crippen LogP contribution in [0.15, 0.2) is 30.3 Å². The SMILES string of the molecule is Cc1cc(C)c(-c2ccc3c(c2)CCCC3)cc1C(=O)O. The molecule has 3 rings (SSSR count). The lowest BCUT2D eigenvalue weighted by molar-refractivity contribution is 0.0696. The van der Waals surface area contributed by atoms with Gasteiger partial charge in [-0.2, -0.15) is 0 Å². The number of aromatic carboxylic acids is 1. The minimum atomic E-state index is -0.855. The molecule has 0 aromatic heterocycles. The monoisotopic (exact) mass is 280 g/mol. The van der Waals surface area contributed by atoms with Gasteiger partial charge in [0.2, 0.25) is 0 Å². The van der Waals surface area contributed by atoms with Crippen molar-refractivity contribution in [2.45, 2.75) is 39.5 Å². The van der Waals surface area contributed by atoms with E-state index in [1.807, 2.05) is 26.0 Å². The highest BCUT2D eigenvalue weighted by Gasteiger charge is 2.14. The molecule has 2 heteroatoms. The smallest absolute Gasteiger partial charge is 0.335 e. The fraction of sp³-hybridized carbons (Fsp3) is 0.316. The highest BCUT2D eigenvalue weighted by atomic mass is 16.4. The molecule has 0 radical (unpaired) electrons. The molecule has 1 aliphatic rings. The van der Waals surface area contributed by atoms with Crippen LogP contribution in [0.1, 0.15) is 45.5 Å². The van der Waals surface area contributed by atoms with E-state index in [4.69, 9.17) is 0 Å². The maximum atomic E-state index is 11.3. The van der Waals surface area contributed by atoms with Crippen molar-refractivity contribution in [2.75, 3.05) is 0 Å². The van der Waals surface area contributed by atoms with Crippen molar-refractivity contribution < 1.29 is 9.90 Å². The van der Waals surface area contributed by atoms with E-state index in [0.717, 1.165) is 28.7 Å². The molecule has 1 N–H and O–H groups in total. The Labute approximate surface area is 125 Å². The summed E-state index contributed by atoms with van der Waals surface area (Å²) in [5.74, 6) is -0.855. The molecule has 2 nitrogen and oxygen atoms in total. The summed E-state index contributed by atoms with van der Waals surface area (Å²) in [5.41, 5.74) is 7.40. The van der Waals surface area contributed by atoms with Gasteiger partial charge in [0.25, 0.3) is 0 Å². The van der Waals surface area contributed by atoms with E-state index < -0.39 is 5.97 Å². The molecule has 0 unspecified atom stereocenters. The summed E-state index contributed by atoms with van der Waals surface area (Å²) >= 11 is 0. The van der Waals surface area contributed by atoms with Gasteiger partial charge in [-0.1, -0.05) is 24.3 Å². The topological polar surface area (TPSA) is 37.3 Å². The van der Waals surface area contributed by atoms with Crippen molar-refractivity contribution in [1.82, 2.24) is 0 Å². The third-order valence-electron chi connectivity index (χ3n) is 4.46. The summed E-state index contributed by atoms with van der Waals surface area (Å²) in [7, 11) is 0. The Morgan fingerprint density at radius 3 is 2.38 bits per heavy atom. The zero-order valence-electron chi connectivity index (χ0n) is 12.6. The lowest BCUT2D eigenvalue weighted by atomic mass is 9.87. The van der Waals surface area contributed by atoms with Gasteiger partial charge in [0.1, 0.15) is 0 Å². The molecule has 0 fully saturated rings. The van der Waals surface area contributed by atoms with E-state index in [9.17, 15) is 9.90 Å². The Balaban J connectivity index is 2.12. The molecule has 0 aliphatic heterocycles. The number of carboxylic acid groups (broad SMARTS) is 1. The lowest BCUT2D eigenvalue weighted by Crippen LogP contribution is -2.04. The molecule has 2 aromatic carbocycles. The molecule has 0 bridgehead atoms. The number of rotatable bonds is 2. The lowest BCUT2D eigenvalue weighted by Gasteiger charge is -2.18. The molecule has 21 heavy (non-hydrogen) atoms. The number of benzene rings is 2. The summed E-state index contributed by atoms with van der Waals surface area (Å²) in [6.45, 7) is 3.90. The van der Waals surface area contributed by atoms with Crippen molar-refractivity contribution in [3.05, 3.63) is 58.1 Å². The van der Waals surface area contributed by atoms with Gasteiger partial charge in [-0.3, -0.25) is 0 Å². The van der Waals surface area contributed by atoms with Gasteiger partial charge in [-0.05, 0) is 79.0 Å². The molecule has 0 amide bonds. The predicted octanol–water partition coefficient (Wildman–Crippen LogP) is 4.55. The van der Waals surface area contributed by atoms with Crippen LogP contribution >= 0.6 is 0 Å². The van der Waals surface area contributed by atoms with Gasteiger partial charge < -0.3 is 5.11 Å². The quantitative estimate of drug-likeness (QED) is 0.876. The zero-order chi connectivity index (χ0) is 15.0. The molecule has 0 spiro atoms. The van der Waals surface area contributed by atoms with E-state index in [1.165, 1.54) is 30.4 Å². The second kappa shape index (κ2) is 5.36. The molecular weight excluding hydrogens is 260 g/mol. The van der Waals surface area contributed by atoms with Crippen molar-refractivity contribution in [3.63, 3.8) is 0 Å². The minimum absolute atomic E-state index is 0.397. The molecular formula is C19H20O2. The Morgan fingerprint density at radius 2 is 1.67 bits per heavy atom. The summed E-state index contributed by atoms with van der Waals surface area (Å²) in [6, 6.07) is 10.4. The highest BCUT2D eigenvalue weighted by molar-refractivity contribution is 5.91. The fourth-order valence-electron chi connectivity index (χ4n) is 3.29. The maximum absolute atomic E-state index is 11.3. The van der Waals surface area contributed by atoms with Gasteiger partial charge in [-0.25, -0.2) is 4.79 Å². The van der Waals surface area contributed by atoms with Crippen LogP contribution in [-0.2, 0) is 12.8 Å². The molecule has 1 aliphatic carbocycles. The average Bonchev–Trinajstić information content (AvgIpc) is 2.46. The van der Waals surface area contributed by atoms with Crippen LogP contribution < -0.4 is 0 Å². The molecule has 0 saturated carbocycles. The number of carbonyl (C=O) groups is 1. The summed E-state index contributed by atoms with van der Waals surface area (Å²) in [4.78, 5) is 11.3. The maximum Gasteiger partial charge on any atom is 0.335 e. The third kappa shape index (κ3) is 2.58. The van der Waals surface area contributed by atoms with Gasteiger partial charge in [0.05, 0.1) is 5.56 Å². The standard InChI is InChI=1S/C19H20O2/c1-12-9-13(2)18(19(20)21)11-17(12)16-8-7-14-5-3-4-6-15(14)10-16/h7-11H,3-6H2,1-2H3,(H,20,21). The normalized spacial score (nSPS) is 13.8. The van der Waals surface area contributed by atoms with Crippen LogP contribution in [0.2, 0.25) is 0 Å². The largest absolute Gasteiger partial charge is 0.478 e. The third-order valence-corrected chi connectivity index (χ3v) is 4.46. The van der Waals surface area contributed by atoms with Gasteiger partial charge in [0, 0.05) is 0 Å². The molecule has 0 atom stereocenters. The first-order valence-corrected chi connectivity index (χ1v) is 7.53. The van der Waals surface area contributed by atoms with Crippen LogP contribution in [0.5, 0.6) is 0 Å². The second-order valence-corrected chi connectivity index (χ2v) is 5.98. The first-order chi connectivity index (χ1) is 10.1. The van der Waals surface area contributed by atoms with Crippen LogP contribution in [0.25, 0.3) is 11.1 Å². The Bertz CT molecular complexity index is 714. The summed E-state index contributed by atoms with van der Waals surface area (Å²) in [6.07, 6.45) is 4.84. The second-order valence-electron chi connectivity index (χ2n) is 5.98. The summed E-state index contributed by atoms with van der Waals surface area (Å²) < 4.78 is 0. The van der Waals surface area contributed by atoms with Crippen molar-refractivity contribution in [1.29, 1.82) is 0 Å². The van der Waals surface area contributed by atoms with E-state index in [0.29, 0.717) is 5.56 Å². The van der Waals surface area contributed by atoms with Crippen LogP contribution in [0, 0.1) is 13.8 Å². The minimum Gasteiger partial charge on any atom is -0.478 e. The van der Waals surface area contributed by atoms with E-state index in [1.54, 1.807) is 0 Å². The number of carboxylic acids is 1. The van der Waals surface area contributed by atoms with Gasteiger partial charge >= 0.3 is 5.97 Å². The fourth-order valence-corrected chi connectivity index (χ4v) is 3.29. The first kappa shape index (κ1) is 13.9. The van der Waals surface area contributed by atoms with Gasteiger partial charge in [0.15, 0.2) is 0 Å². The molecule has 0 heterocycles. The Morgan fingerprint density at radius 1 is 0.952 bits per heavy atom. The van der Waals surface area contributed by atoms with Crippen LogP contribution in [0.3, 0.4) is 0 Å². The Kier molecular flexibility index (Phi) is 3.54. The number of hydrogen-bond acceptors (Lipinski definition) is 1. The molecule has 2 aromatic rings. The van der Waals surface area contributed by atoms with Crippen LogP contribution in [0.4, 0.5) is 0 Å². The predicted molar refractivity (Wildman–Crippen MR) is 85.0 cm³/mol. The molecule has 0 saturated heterocycles. The average molecular weight is 280 g/mol. The van der Waals surface area contributed by atoms with E-state index >= 15 is 0 Å². The number of aryl methyl sites for hydroxylation is 4. The van der Waals surface area contributed by atoms with E-state index in [-0.39, 0.29) is 0 Å². The number of hydrogen-bond donors (Lipinski definition) is 1. The van der Waals surface area contributed by atoms with Crippen molar-refractivity contribution >= 4 is 5.97 Å². The Hall–Kier alpha value is -2.09. The van der Waals surface area contributed by atoms with Crippen LogP contribution in [-0.4, -0.2) is 11.1 Å². The zero-order valence-corrected chi connectivity index (χ0v) is 12.6. The van der Waals surface area contributed by atoms with Gasteiger partial charge in [-0.15, -0.1) is 0 Å². The van der Waals surface area contributed by atoms with E-state index in [2.05, 4.69) is 18.2 Å². The first-order valence-electron chi connectivity index (χ1n) is 7.53. The van der Waals surface area contributed by atoms with Crippen molar-refractivity contribution in [2.24, 2.45) is 0 Å². The highest BCUT2D eigenvalue weighted by Crippen LogP contribution is 2.31. The molecule has 108 valence electrons. The summed E-state index contributed by atoms with van der Waals surface area (Å²) in [5, 5.41) is 9.32. The van der Waals surface area contributed by atoms with Crippen molar-refractivity contribution in [3.8, 4) is 11.1 Å².